The van der Waals surface area contributed by atoms with Crippen molar-refractivity contribution in [2.45, 2.75) is 6.04 Å². The van der Waals surface area contributed by atoms with Gasteiger partial charge in [-0.3, -0.25) is 9.59 Å². The summed E-state index contributed by atoms with van der Waals surface area (Å²) >= 11 is 0. The molecule has 1 heterocycles. The highest BCUT2D eigenvalue weighted by atomic mass is 16.2. The van der Waals surface area contributed by atoms with Gasteiger partial charge in [-0.25, -0.2) is 0 Å². The highest BCUT2D eigenvalue weighted by Gasteiger charge is 2.18. The van der Waals surface area contributed by atoms with Gasteiger partial charge in [-0.1, -0.05) is 18.2 Å². The summed E-state index contributed by atoms with van der Waals surface area (Å²) < 4.78 is 0. The lowest BCUT2D eigenvalue weighted by Crippen LogP contribution is -2.58. The third kappa shape index (κ3) is 3.29. The highest BCUT2D eigenvalue weighted by molar-refractivity contribution is 5.96. The van der Waals surface area contributed by atoms with E-state index in [0.29, 0.717) is 5.56 Å². The number of amides is 2. The Kier molecular flexibility index (Phi) is 3.72. The lowest BCUT2D eigenvalue weighted by atomic mass is 10.2. The predicted octanol–water partition coefficient (Wildman–Crippen LogP) is -0.496. The fraction of sp³-hybridized carbons (Fsp3) is 0.333. The van der Waals surface area contributed by atoms with Crippen LogP contribution in [0.15, 0.2) is 30.3 Å². The van der Waals surface area contributed by atoms with Crippen LogP contribution < -0.4 is 16.0 Å². The third-order valence-corrected chi connectivity index (χ3v) is 2.59. The molecule has 1 aliphatic heterocycles. The second-order valence-corrected chi connectivity index (χ2v) is 3.97. The third-order valence-electron chi connectivity index (χ3n) is 2.59. The Morgan fingerprint density at radius 3 is 2.53 bits per heavy atom. The Hall–Kier alpha value is -1.88. The molecule has 1 aromatic carbocycles. The predicted molar refractivity (Wildman–Crippen MR) is 63.6 cm³/mol. The number of carbonyl (C=O) groups is 2. The van der Waals surface area contributed by atoms with Crippen LogP contribution in [0.3, 0.4) is 0 Å². The topological polar surface area (TPSA) is 70.2 Å². The molecule has 0 spiro atoms. The molecule has 1 saturated heterocycles. The van der Waals surface area contributed by atoms with E-state index in [-0.39, 0.29) is 24.4 Å². The zero-order chi connectivity index (χ0) is 12.1. The first-order valence-corrected chi connectivity index (χ1v) is 5.59. The Bertz CT molecular complexity index is 401. The maximum Gasteiger partial charge on any atom is 0.251 e. The molecule has 17 heavy (non-hydrogen) atoms. The summed E-state index contributed by atoms with van der Waals surface area (Å²) in [6.45, 7) is 1.63. The molecular formula is C12H15N3O2. The minimum Gasteiger partial charge on any atom is -0.349 e. The molecule has 0 bridgehead atoms. The zero-order valence-corrected chi connectivity index (χ0v) is 9.40. The molecule has 3 N–H and O–H groups in total. The number of carbonyl (C=O) groups excluding carboxylic acids is 2. The molecule has 1 aliphatic rings. The van der Waals surface area contributed by atoms with Gasteiger partial charge < -0.3 is 16.0 Å². The molecule has 1 aromatic rings. The van der Waals surface area contributed by atoms with Crippen molar-refractivity contribution in [1.29, 1.82) is 0 Å². The molecule has 0 saturated carbocycles. The maximum atomic E-state index is 11.6. The molecule has 2 rings (SSSR count). The largest absolute Gasteiger partial charge is 0.349 e. The van der Waals surface area contributed by atoms with Gasteiger partial charge in [0.05, 0.1) is 12.6 Å². The molecular weight excluding hydrogens is 218 g/mol. The first kappa shape index (κ1) is 11.6. The van der Waals surface area contributed by atoms with Crippen LogP contribution in [0.1, 0.15) is 10.4 Å². The zero-order valence-electron chi connectivity index (χ0n) is 9.40. The van der Waals surface area contributed by atoms with Crippen LogP contribution in [0.25, 0.3) is 0 Å². The SMILES string of the molecule is O=C(CNC(=O)c1ccccc1)NC1CNC1. The summed E-state index contributed by atoms with van der Waals surface area (Å²) in [5, 5.41) is 8.44. The van der Waals surface area contributed by atoms with Gasteiger partial charge in [0.2, 0.25) is 5.91 Å². The monoisotopic (exact) mass is 233 g/mol. The van der Waals surface area contributed by atoms with Crippen LogP contribution in [0.2, 0.25) is 0 Å². The summed E-state index contributed by atoms with van der Waals surface area (Å²) in [5.41, 5.74) is 0.561. The summed E-state index contributed by atoms with van der Waals surface area (Å²) in [5.74, 6) is -0.381. The minimum atomic E-state index is -0.229. The second kappa shape index (κ2) is 5.45. The van der Waals surface area contributed by atoms with Gasteiger partial charge in [0, 0.05) is 18.7 Å². The average Bonchev–Trinajstić information content (AvgIpc) is 2.32. The van der Waals surface area contributed by atoms with Crippen molar-refractivity contribution in [2.75, 3.05) is 19.6 Å². The molecule has 0 radical (unpaired) electrons. The van der Waals surface area contributed by atoms with Gasteiger partial charge in [0.1, 0.15) is 0 Å². The molecule has 0 unspecified atom stereocenters. The summed E-state index contributed by atoms with van der Waals surface area (Å²) in [6, 6.07) is 9.04. The quantitative estimate of drug-likeness (QED) is 0.657. The number of rotatable bonds is 4. The lowest BCUT2D eigenvalue weighted by Gasteiger charge is -2.27. The van der Waals surface area contributed by atoms with E-state index in [2.05, 4.69) is 16.0 Å². The Balaban J connectivity index is 1.74. The van der Waals surface area contributed by atoms with Gasteiger partial charge in [0.15, 0.2) is 0 Å². The average molecular weight is 233 g/mol. The van der Waals surface area contributed by atoms with Crippen LogP contribution >= 0.6 is 0 Å². The molecule has 1 fully saturated rings. The highest BCUT2D eigenvalue weighted by Crippen LogP contribution is 1.97. The van der Waals surface area contributed by atoms with Crippen molar-refractivity contribution in [3.05, 3.63) is 35.9 Å². The number of benzene rings is 1. The molecule has 2 amide bonds. The first-order valence-electron chi connectivity index (χ1n) is 5.59. The van der Waals surface area contributed by atoms with E-state index in [1.807, 2.05) is 6.07 Å². The van der Waals surface area contributed by atoms with Crippen molar-refractivity contribution in [3.8, 4) is 0 Å². The Labute approximate surface area is 99.6 Å². The van der Waals surface area contributed by atoms with E-state index in [1.165, 1.54) is 0 Å². The van der Waals surface area contributed by atoms with Gasteiger partial charge in [-0.2, -0.15) is 0 Å². The second-order valence-electron chi connectivity index (χ2n) is 3.97. The van der Waals surface area contributed by atoms with Crippen LogP contribution in [-0.2, 0) is 4.79 Å². The van der Waals surface area contributed by atoms with Crippen molar-refractivity contribution >= 4 is 11.8 Å². The molecule has 0 atom stereocenters. The molecule has 90 valence electrons. The van der Waals surface area contributed by atoms with E-state index in [1.54, 1.807) is 24.3 Å². The van der Waals surface area contributed by atoms with Crippen molar-refractivity contribution in [2.24, 2.45) is 0 Å². The number of hydrogen-bond donors (Lipinski definition) is 3. The van der Waals surface area contributed by atoms with Crippen LogP contribution in [0.4, 0.5) is 0 Å². The van der Waals surface area contributed by atoms with Crippen LogP contribution in [0.5, 0.6) is 0 Å². The summed E-state index contributed by atoms with van der Waals surface area (Å²) in [7, 11) is 0. The molecule has 0 aromatic heterocycles. The fourth-order valence-corrected chi connectivity index (χ4v) is 1.52. The van der Waals surface area contributed by atoms with E-state index >= 15 is 0 Å². The molecule has 5 heteroatoms. The Morgan fingerprint density at radius 1 is 1.24 bits per heavy atom. The Morgan fingerprint density at radius 2 is 1.94 bits per heavy atom. The normalized spacial score (nSPS) is 14.8. The minimum absolute atomic E-state index is 0.0181. The van der Waals surface area contributed by atoms with Gasteiger partial charge >= 0.3 is 0 Å². The summed E-state index contributed by atoms with van der Waals surface area (Å²) in [6.07, 6.45) is 0. The fourth-order valence-electron chi connectivity index (χ4n) is 1.52. The van der Waals surface area contributed by atoms with Crippen molar-refractivity contribution in [3.63, 3.8) is 0 Å². The van der Waals surface area contributed by atoms with Gasteiger partial charge in [-0.15, -0.1) is 0 Å². The van der Waals surface area contributed by atoms with Crippen LogP contribution in [-0.4, -0.2) is 37.5 Å². The van der Waals surface area contributed by atoms with E-state index < -0.39 is 0 Å². The lowest BCUT2D eigenvalue weighted by molar-refractivity contribution is -0.121. The van der Waals surface area contributed by atoms with Crippen molar-refractivity contribution in [1.82, 2.24) is 16.0 Å². The first-order chi connectivity index (χ1) is 8.25. The van der Waals surface area contributed by atoms with Crippen LogP contribution in [0, 0.1) is 0 Å². The van der Waals surface area contributed by atoms with Gasteiger partial charge in [-0.05, 0) is 12.1 Å². The summed E-state index contributed by atoms with van der Waals surface area (Å²) in [4.78, 5) is 23.0. The van der Waals surface area contributed by atoms with E-state index in [4.69, 9.17) is 0 Å². The van der Waals surface area contributed by atoms with E-state index in [9.17, 15) is 9.59 Å². The molecule has 5 nitrogen and oxygen atoms in total. The number of hydrogen-bond acceptors (Lipinski definition) is 3. The van der Waals surface area contributed by atoms with Gasteiger partial charge in [0.25, 0.3) is 5.91 Å². The number of nitrogens with one attached hydrogen (secondary N) is 3. The molecule has 0 aliphatic carbocycles. The van der Waals surface area contributed by atoms with E-state index in [0.717, 1.165) is 13.1 Å². The maximum absolute atomic E-state index is 11.6. The van der Waals surface area contributed by atoms with Crippen molar-refractivity contribution < 1.29 is 9.59 Å². The smallest absolute Gasteiger partial charge is 0.251 e. The standard InChI is InChI=1S/C12H15N3O2/c16-11(15-10-6-13-7-10)8-14-12(17)9-4-2-1-3-5-9/h1-5,10,13H,6-8H2,(H,14,17)(H,15,16).